The van der Waals surface area contributed by atoms with Crippen molar-refractivity contribution in [3.8, 4) is 0 Å². The van der Waals surface area contributed by atoms with Crippen LogP contribution in [0.25, 0.3) is 0 Å². The standard InChI is InChI=1S/C13H16N4O3/c1-20-5-4-17-8-10(7-15-17)16-12-3-2-9(13(18)19)6-11(12)14/h2-3,6-8,16H,4-5,14H2,1H3,(H,18,19). The molecule has 0 fully saturated rings. The van der Waals surface area contributed by atoms with E-state index in [9.17, 15) is 4.79 Å². The average Bonchev–Trinajstić information content (AvgIpc) is 2.86. The number of hydrogen-bond donors (Lipinski definition) is 3. The van der Waals surface area contributed by atoms with Crippen molar-refractivity contribution in [1.82, 2.24) is 9.78 Å². The highest BCUT2D eigenvalue weighted by Crippen LogP contribution is 2.23. The van der Waals surface area contributed by atoms with Crippen molar-refractivity contribution in [2.24, 2.45) is 0 Å². The average molecular weight is 276 g/mol. The zero-order chi connectivity index (χ0) is 14.5. The summed E-state index contributed by atoms with van der Waals surface area (Å²) >= 11 is 0. The second-order valence-corrected chi connectivity index (χ2v) is 4.22. The van der Waals surface area contributed by atoms with Crippen molar-refractivity contribution in [2.75, 3.05) is 24.8 Å². The van der Waals surface area contributed by atoms with Crippen molar-refractivity contribution in [2.45, 2.75) is 6.54 Å². The Bertz CT molecular complexity index is 609. The Morgan fingerprint density at radius 2 is 2.35 bits per heavy atom. The van der Waals surface area contributed by atoms with Gasteiger partial charge < -0.3 is 20.9 Å². The number of nitrogens with two attached hydrogens (primary N) is 1. The molecule has 0 bridgehead atoms. The van der Waals surface area contributed by atoms with E-state index in [1.165, 1.54) is 12.1 Å². The molecule has 0 aliphatic rings. The Morgan fingerprint density at radius 1 is 1.55 bits per heavy atom. The number of rotatable bonds is 6. The summed E-state index contributed by atoms with van der Waals surface area (Å²) < 4.78 is 6.71. The number of methoxy groups -OCH3 is 1. The van der Waals surface area contributed by atoms with Gasteiger partial charge in [-0.15, -0.1) is 0 Å². The number of carboxylic acids is 1. The maximum Gasteiger partial charge on any atom is 0.335 e. The summed E-state index contributed by atoms with van der Waals surface area (Å²) in [6.07, 6.45) is 3.49. The molecule has 7 nitrogen and oxygen atoms in total. The maximum atomic E-state index is 10.8. The van der Waals surface area contributed by atoms with Gasteiger partial charge in [-0.25, -0.2) is 4.79 Å². The summed E-state index contributed by atoms with van der Waals surface area (Å²) in [5.41, 5.74) is 7.76. The molecule has 106 valence electrons. The van der Waals surface area contributed by atoms with Crippen LogP contribution in [0.5, 0.6) is 0 Å². The number of carboxylic acid groups (broad SMARTS) is 1. The molecule has 1 aromatic heterocycles. The van der Waals surface area contributed by atoms with Crippen LogP contribution in [0.15, 0.2) is 30.6 Å². The molecule has 0 saturated heterocycles. The van der Waals surface area contributed by atoms with Crippen LogP contribution in [0, 0.1) is 0 Å². The normalized spacial score (nSPS) is 10.4. The molecule has 4 N–H and O–H groups in total. The molecule has 0 atom stereocenters. The molecule has 1 heterocycles. The van der Waals surface area contributed by atoms with Crippen molar-refractivity contribution < 1.29 is 14.6 Å². The van der Waals surface area contributed by atoms with E-state index in [2.05, 4.69) is 10.4 Å². The number of anilines is 3. The third kappa shape index (κ3) is 3.27. The highest BCUT2D eigenvalue weighted by molar-refractivity contribution is 5.90. The van der Waals surface area contributed by atoms with E-state index in [-0.39, 0.29) is 5.56 Å². The highest BCUT2D eigenvalue weighted by Gasteiger charge is 2.07. The molecule has 0 aliphatic carbocycles. The van der Waals surface area contributed by atoms with Gasteiger partial charge >= 0.3 is 5.97 Å². The van der Waals surface area contributed by atoms with Crippen LogP contribution >= 0.6 is 0 Å². The van der Waals surface area contributed by atoms with Crippen LogP contribution in [0.4, 0.5) is 17.1 Å². The van der Waals surface area contributed by atoms with E-state index in [1.807, 2.05) is 6.20 Å². The summed E-state index contributed by atoms with van der Waals surface area (Å²) in [6, 6.07) is 4.54. The second kappa shape index (κ2) is 6.07. The van der Waals surface area contributed by atoms with E-state index in [0.717, 1.165) is 5.69 Å². The number of benzene rings is 1. The number of nitrogens with zero attached hydrogens (tertiary/aromatic N) is 2. The topological polar surface area (TPSA) is 102 Å². The Balaban J connectivity index is 2.09. The minimum atomic E-state index is -1.00. The number of nitrogen functional groups attached to an aromatic ring is 1. The summed E-state index contributed by atoms with van der Waals surface area (Å²) in [5, 5.41) is 16.1. The van der Waals surface area contributed by atoms with E-state index in [4.69, 9.17) is 15.6 Å². The van der Waals surface area contributed by atoms with Gasteiger partial charge in [0.25, 0.3) is 0 Å². The molecular formula is C13H16N4O3. The number of aromatic nitrogens is 2. The first kappa shape index (κ1) is 13.9. The lowest BCUT2D eigenvalue weighted by molar-refractivity contribution is 0.0697. The van der Waals surface area contributed by atoms with Gasteiger partial charge in [-0.1, -0.05) is 0 Å². The molecule has 0 aliphatic heterocycles. The molecular weight excluding hydrogens is 260 g/mol. The molecule has 0 amide bonds. The molecule has 0 spiro atoms. The summed E-state index contributed by atoms with van der Waals surface area (Å²) in [7, 11) is 1.63. The molecule has 2 aromatic rings. The van der Waals surface area contributed by atoms with Crippen LogP contribution in [0.2, 0.25) is 0 Å². The van der Waals surface area contributed by atoms with Gasteiger partial charge in [-0.2, -0.15) is 5.10 Å². The van der Waals surface area contributed by atoms with Gasteiger partial charge in [0.1, 0.15) is 0 Å². The number of ether oxygens (including phenoxy) is 1. The third-order valence-electron chi connectivity index (χ3n) is 2.74. The van der Waals surface area contributed by atoms with Gasteiger partial charge in [-0.05, 0) is 18.2 Å². The fourth-order valence-electron chi connectivity index (χ4n) is 1.70. The zero-order valence-electron chi connectivity index (χ0n) is 11.0. The number of nitrogens with one attached hydrogen (secondary N) is 1. The minimum absolute atomic E-state index is 0.156. The lowest BCUT2D eigenvalue weighted by atomic mass is 10.1. The molecule has 1 aromatic carbocycles. The van der Waals surface area contributed by atoms with Crippen LogP contribution < -0.4 is 11.1 Å². The van der Waals surface area contributed by atoms with Crippen LogP contribution in [0.3, 0.4) is 0 Å². The quantitative estimate of drug-likeness (QED) is 0.692. The van der Waals surface area contributed by atoms with Gasteiger partial charge in [0.05, 0.1) is 42.0 Å². The predicted molar refractivity (Wildman–Crippen MR) is 75.2 cm³/mol. The van der Waals surface area contributed by atoms with Crippen LogP contribution in [-0.4, -0.2) is 34.6 Å². The summed E-state index contributed by atoms with van der Waals surface area (Å²) in [4.78, 5) is 10.8. The van der Waals surface area contributed by atoms with Gasteiger partial charge in [0, 0.05) is 13.3 Å². The first-order valence-electron chi connectivity index (χ1n) is 6.01. The second-order valence-electron chi connectivity index (χ2n) is 4.22. The maximum absolute atomic E-state index is 10.8. The fraction of sp³-hybridized carbons (Fsp3) is 0.231. The SMILES string of the molecule is COCCn1cc(Nc2ccc(C(=O)O)cc2N)cn1. The van der Waals surface area contributed by atoms with Crippen molar-refractivity contribution >= 4 is 23.0 Å². The Labute approximate surface area is 116 Å². The number of aromatic carboxylic acids is 1. The van der Waals surface area contributed by atoms with Gasteiger partial charge in [0.15, 0.2) is 0 Å². The van der Waals surface area contributed by atoms with Crippen molar-refractivity contribution in [1.29, 1.82) is 0 Å². The van der Waals surface area contributed by atoms with Gasteiger partial charge in [-0.3, -0.25) is 4.68 Å². The molecule has 0 radical (unpaired) electrons. The largest absolute Gasteiger partial charge is 0.478 e. The van der Waals surface area contributed by atoms with E-state index in [0.29, 0.717) is 24.5 Å². The molecule has 7 heteroatoms. The van der Waals surface area contributed by atoms with Crippen molar-refractivity contribution in [3.63, 3.8) is 0 Å². The van der Waals surface area contributed by atoms with Crippen LogP contribution in [-0.2, 0) is 11.3 Å². The zero-order valence-corrected chi connectivity index (χ0v) is 11.0. The third-order valence-corrected chi connectivity index (χ3v) is 2.74. The van der Waals surface area contributed by atoms with Crippen molar-refractivity contribution in [3.05, 3.63) is 36.2 Å². The Hall–Kier alpha value is -2.54. The lowest BCUT2D eigenvalue weighted by Gasteiger charge is -2.07. The number of hydrogen-bond acceptors (Lipinski definition) is 5. The minimum Gasteiger partial charge on any atom is -0.478 e. The predicted octanol–water partition coefficient (Wildman–Crippen LogP) is 1.55. The first-order chi connectivity index (χ1) is 9.60. The van der Waals surface area contributed by atoms with E-state index < -0.39 is 5.97 Å². The Morgan fingerprint density at radius 3 is 3.00 bits per heavy atom. The van der Waals surface area contributed by atoms with E-state index >= 15 is 0 Å². The van der Waals surface area contributed by atoms with Gasteiger partial charge in [0.2, 0.25) is 0 Å². The summed E-state index contributed by atoms with van der Waals surface area (Å²) in [6.45, 7) is 1.24. The number of carbonyl (C=O) groups is 1. The lowest BCUT2D eigenvalue weighted by Crippen LogP contribution is -2.04. The monoisotopic (exact) mass is 276 g/mol. The molecule has 0 unspecified atom stereocenters. The van der Waals surface area contributed by atoms with E-state index in [1.54, 1.807) is 24.1 Å². The summed E-state index contributed by atoms with van der Waals surface area (Å²) in [5.74, 6) is -1.00. The molecule has 20 heavy (non-hydrogen) atoms. The Kier molecular flexibility index (Phi) is 4.21. The highest BCUT2D eigenvalue weighted by atomic mass is 16.5. The molecule has 0 saturated carbocycles. The van der Waals surface area contributed by atoms with Crippen LogP contribution in [0.1, 0.15) is 10.4 Å². The first-order valence-corrected chi connectivity index (χ1v) is 6.01. The fourth-order valence-corrected chi connectivity index (χ4v) is 1.70. The molecule has 2 rings (SSSR count). The smallest absolute Gasteiger partial charge is 0.335 e.